The number of rotatable bonds is 5. The quantitative estimate of drug-likeness (QED) is 0.190. The number of alkyl halides is 4. The normalized spacial score (nSPS) is 20.8. The molecular formula is C38H43F6N7O4S. The highest BCUT2D eigenvalue weighted by Crippen LogP contribution is 2.47. The second-order valence-corrected chi connectivity index (χ2v) is 14.9. The number of fused-ring (bicyclic) bond motifs is 3. The zero-order chi connectivity index (χ0) is 40.1. The fraction of sp³-hybridized carbons (Fsp3) is 0.526. The van der Waals surface area contributed by atoms with E-state index in [1.165, 1.54) is 20.0 Å². The molecule has 18 heteroatoms. The van der Waals surface area contributed by atoms with Gasteiger partial charge in [-0.3, -0.25) is 4.90 Å². The van der Waals surface area contributed by atoms with Crippen LogP contribution in [0.4, 0.5) is 42.0 Å². The van der Waals surface area contributed by atoms with Crippen LogP contribution in [-0.2, 0) is 15.7 Å². The summed E-state index contributed by atoms with van der Waals surface area (Å²) in [5.74, 6) is -2.15. The smallest absolute Gasteiger partial charge is 0.417 e. The number of aromatic nitrogens is 2. The molecule has 0 saturated carbocycles. The van der Waals surface area contributed by atoms with Crippen LogP contribution in [0.1, 0.15) is 63.0 Å². The predicted molar refractivity (Wildman–Crippen MR) is 200 cm³/mol. The minimum absolute atomic E-state index is 0.0168. The molecule has 1 amide bonds. The van der Waals surface area contributed by atoms with Crippen LogP contribution in [0.3, 0.4) is 0 Å². The van der Waals surface area contributed by atoms with Crippen molar-refractivity contribution < 1.29 is 45.3 Å². The summed E-state index contributed by atoms with van der Waals surface area (Å²) in [7, 11) is 1.23. The molecule has 56 heavy (non-hydrogen) atoms. The molecule has 0 aliphatic carbocycles. The Kier molecular flexibility index (Phi) is 13.0. The number of hydrogen-bond acceptors (Lipinski definition) is 11. The molecule has 4 aliphatic heterocycles. The molecule has 4 aromatic rings. The number of nitriles is 1. The van der Waals surface area contributed by atoms with Crippen LogP contribution in [0.15, 0.2) is 18.2 Å². The van der Waals surface area contributed by atoms with E-state index >= 15 is 4.39 Å². The van der Waals surface area contributed by atoms with E-state index in [0.29, 0.717) is 30.5 Å². The summed E-state index contributed by atoms with van der Waals surface area (Å²) in [6.45, 7) is 6.92. The van der Waals surface area contributed by atoms with Gasteiger partial charge in [-0.15, -0.1) is 11.3 Å². The maximum Gasteiger partial charge on any atom is 0.417 e. The number of methoxy groups -OCH3 is 1. The molecule has 8 rings (SSSR count). The fourth-order valence-electron chi connectivity index (χ4n) is 7.54. The number of nitrogens with two attached hydrogens (primary N) is 1. The zero-order valence-corrected chi connectivity index (χ0v) is 31.8. The zero-order valence-electron chi connectivity index (χ0n) is 31.0. The Hall–Kier alpha value is -4.60. The molecule has 6 heterocycles. The second-order valence-electron chi connectivity index (χ2n) is 13.9. The summed E-state index contributed by atoms with van der Waals surface area (Å²) in [5.41, 5.74) is 2.59. The highest BCUT2D eigenvalue weighted by atomic mass is 32.1. The maximum absolute atomic E-state index is 15.9. The Morgan fingerprint density at radius 1 is 1.14 bits per heavy atom. The number of anilines is 2. The number of hydrogen-bond donors (Lipinski definition) is 2. The summed E-state index contributed by atoms with van der Waals surface area (Å²) >= 11 is 0.698. The SMILES string of the molecule is CCNc1nc(OC)nc2c(F)c(-c3ccc(F)c4sc(N)c(C#N)c34)c(C(F)(F)F)cc12.FC1CC2CCCN2C1.O=C(OC1CCCOC1)N1CCCC1. The van der Waals surface area contributed by atoms with Crippen LogP contribution < -0.4 is 15.8 Å². The Morgan fingerprint density at radius 3 is 2.55 bits per heavy atom. The van der Waals surface area contributed by atoms with Crippen molar-refractivity contribution >= 4 is 49.2 Å². The van der Waals surface area contributed by atoms with E-state index in [2.05, 4.69) is 20.2 Å². The van der Waals surface area contributed by atoms with Gasteiger partial charge in [0.2, 0.25) is 0 Å². The maximum atomic E-state index is 15.9. The first-order valence-electron chi connectivity index (χ1n) is 18.6. The number of thiophene rings is 1. The van der Waals surface area contributed by atoms with E-state index in [0.717, 1.165) is 76.5 Å². The lowest BCUT2D eigenvalue weighted by atomic mass is 9.92. The first-order chi connectivity index (χ1) is 26.8. The molecule has 3 atom stereocenters. The molecule has 0 radical (unpaired) electrons. The number of ether oxygens (including phenoxy) is 3. The van der Waals surface area contributed by atoms with E-state index in [4.69, 9.17) is 19.9 Å². The van der Waals surface area contributed by atoms with Crippen molar-refractivity contribution in [1.82, 2.24) is 19.8 Å². The fourth-order valence-corrected chi connectivity index (χ4v) is 8.49. The topological polar surface area (TPSA) is 139 Å². The molecule has 0 spiro atoms. The monoisotopic (exact) mass is 807 g/mol. The van der Waals surface area contributed by atoms with E-state index in [1.807, 2.05) is 0 Å². The Labute approximate surface area is 323 Å². The standard InChI is InChI=1S/C21H14F5N5OS.C10H17NO3.C7H12FN/c1-3-29-19-9-6-11(21(24,25)26)14(15(23)16(9)30-20(31-19)32-2)8-4-5-12(22)17-13(8)10(7-27)18(28)33-17;12-10(11-5-1-2-6-11)14-9-4-3-7-13-8-9;8-6-4-7-2-1-3-9(7)5-6/h4-6H,3,28H2,1-2H3,(H,29,30,31);9H,1-8H2;6-7H,1-5H2. The van der Waals surface area contributed by atoms with E-state index < -0.39 is 40.6 Å². The third kappa shape index (κ3) is 8.84. The Balaban J connectivity index is 0.000000186. The predicted octanol–water partition coefficient (Wildman–Crippen LogP) is 8.29. The minimum Gasteiger partial charge on any atom is -0.467 e. The largest absolute Gasteiger partial charge is 0.467 e. The summed E-state index contributed by atoms with van der Waals surface area (Å²) in [6.07, 6.45) is 1.80. The average molecular weight is 808 g/mol. The number of carbonyl (C=O) groups is 1. The molecular weight excluding hydrogens is 765 g/mol. The van der Waals surface area contributed by atoms with Crippen molar-refractivity contribution in [3.8, 4) is 23.2 Å². The molecule has 11 nitrogen and oxygen atoms in total. The van der Waals surface area contributed by atoms with Crippen molar-refractivity contribution in [2.24, 2.45) is 0 Å². The molecule has 3 N–H and O–H groups in total. The molecule has 2 aromatic heterocycles. The lowest BCUT2D eigenvalue weighted by molar-refractivity contribution is -0.137. The van der Waals surface area contributed by atoms with Gasteiger partial charge in [0.25, 0.3) is 0 Å². The molecule has 4 aliphatic rings. The van der Waals surface area contributed by atoms with Gasteiger partial charge in [0, 0.05) is 55.2 Å². The van der Waals surface area contributed by atoms with Gasteiger partial charge < -0.3 is 30.2 Å². The van der Waals surface area contributed by atoms with Crippen LogP contribution in [0, 0.1) is 23.0 Å². The molecule has 4 saturated heterocycles. The highest BCUT2D eigenvalue weighted by molar-refractivity contribution is 7.23. The van der Waals surface area contributed by atoms with Crippen molar-refractivity contribution in [2.75, 3.05) is 64.1 Å². The van der Waals surface area contributed by atoms with Gasteiger partial charge >= 0.3 is 18.3 Å². The molecule has 302 valence electrons. The number of nitrogens with one attached hydrogen (secondary N) is 1. The number of nitrogens with zero attached hydrogens (tertiary/aromatic N) is 5. The van der Waals surface area contributed by atoms with E-state index in [-0.39, 0.29) is 62.2 Å². The Bertz CT molecular complexity index is 2070. The number of halogens is 6. The van der Waals surface area contributed by atoms with Gasteiger partial charge in [-0.1, -0.05) is 6.07 Å². The van der Waals surface area contributed by atoms with E-state index in [1.54, 1.807) is 17.9 Å². The summed E-state index contributed by atoms with van der Waals surface area (Å²) in [5, 5.41) is 11.8. The number of amides is 1. The second kappa shape index (κ2) is 17.7. The molecule has 3 unspecified atom stereocenters. The lowest BCUT2D eigenvalue weighted by Crippen LogP contribution is -2.35. The van der Waals surface area contributed by atoms with Crippen LogP contribution in [0.25, 0.3) is 32.1 Å². The number of benzene rings is 2. The summed E-state index contributed by atoms with van der Waals surface area (Å²) in [6, 6.07) is 4.75. The summed E-state index contributed by atoms with van der Waals surface area (Å²) in [4.78, 5) is 23.5. The van der Waals surface area contributed by atoms with Crippen molar-refractivity contribution in [3.05, 3.63) is 41.0 Å². The van der Waals surface area contributed by atoms with Crippen LogP contribution in [0.2, 0.25) is 0 Å². The van der Waals surface area contributed by atoms with Gasteiger partial charge in [0.05, 0.1) is 29.5 Å². The van der Waals surface area contributed by atoms with Crippen LogP contribution in [0.5, 0.6) is 6.01 Å². The lowest BCUT2D eigenvalue weighted by Gasteiger charge is -2.24. The van der Waals surface area contributed by atoms with Gasteiger partial charge in [-0.05, 0) is 76.1 Å². The van der Waals surface area contributed by atoms with Crippen LogP contribution in [-0.4, -0.2) is 97.2 Å². The third-order valence-corrected chi connectivity index (χ3v) is 11.2. The third-order valence-electron chi connectivity index (χ3n) is 10.2. The van der Waals surface area contributed by atoms with Crippen molar-refractivity contribution in [2.45, 2.75) is 76.4 Å². The van der Waals surface area contributed by atoms with Crippen molar-refractivity contribution in [1.29, 1.82) is 5.26 Å². The minimum atomic E-state index is -5.00. The van der Waals surface area contributed by atoms with Crippen LogP contribution >= 0.6 is 11.3 Å². The highest BCUT2D eigenvalue weighted by Gasteiger charge is 2.38. The number of likely N-dealkylation sites (tertiary alicyclic amines) is 1. The first-order valence-corrected chi connectivity index (χ1v) is 19.4. The first kappa shape index (κ1) is 41.0. The molecule has 2 aromatic carbocycles. The number of carbonyl (C=O) groups excluding carboxylic acids is 1. The number of nitrogen functional groups attached to an aromatic ring is 1. The van der Waals surface area contributed by atoms with Gasteiger partial charge in [-0.25, -0.2) is 18.0 Å². The van der Waals surface area contributed by atoms with Crippen molar-refractivity contribution in [3.63, 3.8) is 0 Å². The summed E-state index contributed by atoms with van der Waals surface area (Å²) < 4.78 is 101. The Morgan fingerprint density at radius 2 is 1.91 bits per heavy atom. The van der Waals surface area contributed by atoms with Gasteiger partial charge in [0.1, 0.15) is 40.5 Å². The molecule has 4 fully saturated rings. The van der Waals surface area contributed by atoms with Gasteiger partial charge in [0.15, 0.2) is 5.82 Å². The average Bonchev–Trinajstić information content (AvgIpc) is 3.98. The van der Waals surface area contributed by atoms with E-state index in [9.17, 15) is 32.0 Å². The van der Waals surface area contributed by atoms with Gasteiger partial charge in [-0.2, -0.15) is 28.4 Å². The molecule has 0 bridgehead atoms.